The molecule has 2 amide bonds. The molecule has 2 atom stereocenters. The highest BCUT2D eigenvalue weighted by Gasteiger charge is 2.32. The number of nitro benzene ring substituents is 1. The molecule has 0 bridgehead atoms. The molecule has 0 radical (unpaired) electrons. The van der Waals surface area contributed by atoms with E-state index in [4.69, 9.17) is 18.6 Å². The molecule has 1 aromatic heterocycles. The molecule has 1 aliphatic rings. The van der Waals surface area contributed by atoms with Crippen LogP contribution in [-0.4, -0.2) is 54.8 Å². The molecular weight excluding hydrogens is 550 g/mol. The number of rotatable bonds is 12. The molecule has 3 aromatic rings. The lowest BCUT2D eigenvalue weighted by Gasteiger charge is -2.28. The summed E-state index contributed by atoms with van der Waals surface area (Å²) in [4.78, 5) is 34.9. The minimum Gasteiger partial charge on any atom is -0.490 e. The van der Waals surface area contributed by atoms with E-state index < -0.39 is 29.2 Å². The number of ether oxygens (including phenoxy) is 3. The predicted octanol–water partition coefficient (Wildman–Crippen LogP) is 3.38. The Labute approximate surface area is 240 Å². The average Bonchev–Trinajstić information content (AvgIpc) is 3.45. The standard InChI is InChI=1S/C28H29N5O9/c1-4-40-23-13-18(26-25(27(35)39-3)16(2)30-28(36)31-26)7-11-22(23)41-15-24(34)32-29-14-20-10-12-21(42-20)17-5-8-19(9-6-17)33(37)38/h5-14,24,26,32,34H,4,15H2,1-3H3,(H2,30,31,36)/b29-14+/t24-,26-/m0/s1. The van der Waals surface area contributed by atoms with Crippen molar-refractivity contribution in [3.63, 3.8) is 0 Å². The van der Waals surface area contributed by atoms with Crippen LogP contribution in [0.15, 0.2) is 75.4 Å². The van der Waals surface area contributed by atoms with E-state index in [0.29, 0.717) is 46.5 Å². The number of non-ortho nitro benzene ring substituents is 1. The van der Waals surface area contributed by atoms with E-state index in [1.165, 1.54) is 25.5 Å². The highest BCUT2D eigenvalue weighted by Crippen LogP contribution is 2.35. The molecule has 4 rings (SSSR count). The van der Waals surface area contributed by atoms with Gasteiger partial charge in [0.25, 0.3) is 5.69 Å². The molecule has 0 spiro atoms. The number of esters is 1. The molecule has 14 nitrogen and oxygen atoms in total. The number of nitrogens with one attached hydrogen (secondary N) is 3. The van der Waals surface area contributed by atoms with Gasteiger partial charge in [0, 0.05) is 23.4 Å². The number of hydrogen-bond donors (Lipinski definition) is 4. The smallest absolute Gasteiger partial charge is 0.337 e. The monoisotopic (exact) mass is 579 g/mol. The molecule has 220 valence electrons. The molecule has 4 N–H and O–H groups in total. The van der Waals surface area contributed by atoms with Gasteiger partial charge in [-0.05, 0) is 55.8 Å². The largest absolute Gasteiger partial charge is 0.490 e. The Morgan fingerprint density at radius 2 is 1.95 bits per heavy atom. The van der Waals surface area contributed by atoms with Crippen molar-refractivity contribution in [2.24, 2.45) is 5.10 Å². The van der Waals surface area contributed by atoms with Crippen LogP contribution < -0.4 is 25.5 Å². The van der Waals surface area contributed by atoms with Gasteiger partial charge in [-0.2, -0.15) is 5.10 Å². The fraction of sp³-hybridized carbons (Fsp3) is 0.250. The summed E-state index contributed by atoms with van der Waals surface area (Å²) in [5.41, 5.74) is 4.36. The number of nitro groups is 1. The quantitative estimate of drug-likeness (QED) is 0.0814. The van der Waals surface area contributed by atoms with Crippen molar-refractivity contribution in [2.45, 2.75) is 26.1 Å². The number of aliphatic hydroxyl groups excluding tert-OH is 1. The lowest BCUT2D eigenvalue weighted by Crippen LogP contribution is -2.45. The van der Waals surface area contributed by atoms with E-state index in [1.54, 1.807) is 56.3 Å². The maximum Gasteiger partial charge on any atom is 0.337 e. The fourth-order valence-corrected chi connectivity index (χ4v) is 4.13. The van der Waals surface area contributed by atoms with E-state index in [9.17, 15) is 24.8 Å². The third-order valence-electron chi connectivity index (χ3n) is 6.08. The number of furan rings is 1. The Hall–Kier alpha value is -5.37. The summed E-state index contributed by atoms with van der Waals surface area (Å²) >= 11 is 0. The molecule has 14 heteroatoms. The Balaban J connectivity index is 1.38. The minimum atomic E-state index is -1.19. The van der Waals surface area contributed by atoms with E-state index in [0.717, 1.165) is 0 Å². The van der Waals surface area contributed by atoms with Gasteiger partial charge in [-0.25, -0.2) is 9.59 Å². The Morgan fingerprint density at radius 1 is 1.19 bits per heavy atom. The zero-order valence-corrected chi connectivity index (χ0v) is 23.0. The molecular formula is C28H29N5O9. The first-order chi connectivity index (χ1) is 20.2. The third kappa shape index (κ3) is 7.03. The Morgan fingerprint density at radius 3 is 2.64 bits per heavy atom. The van der Waals surface area contributed by atoms with Gasteiger partial charge in [0.15, 0.2) is 17.7 Å². The molecule has 0 aliphatic carbocycles. The van der Waals surface area contributed by atoms with E-state index in [1.807, 2.05) is 0 Å². The molecule has 0 saturated carbocycles. The number of methoxy groups -OCH3 is 1. The van der Waals surface area contributed by atoms with E-state index in [2.05, 4.69) is 21.2 Å². The minimum absolute atomic E-state index is 0.0213. The van der Waals surface area contributed by atoms with Gasteiger partial charge in [-0.1, -0.05) is 6.07 Å². The van der Waals surface area contributed by atoms with Crippen molar-refractivity contribution >= 4 is 23.9 Å². The van der Waals surface area contributed by atoms with Crippen LogP contribution in [0, 0.1) is 10.1 Å². The first-order valence-electron chi connectivity index (χ1n) is 12.8. The number of allylic oxidation sites excluding steroid dienone is 1. The van der Waals surface area contributed by atoms with Crippen LogP contribution in [0.4, 0.5) is 10.5 Å². The number of hydrogen-bond acceptors (Lipinski definition) is 11. The van der Waals surface area contributed by atoms with Gasteiger partial charge in [-0.15, -0.1) is 0 Å². The van der Waals surface area contributed by atoms with Crippen molar-refractivity contribution in [1.82, 2.24) is 16.1 Å². The van der Waals surface area contributed by atoms with Gasteiger partial charge in [0.05, 0.1) is 36.5 Å². The van der Waals surface area contributed by atoms with Crippen molar-refractivity contribution in [3.05, 3.63) is 87.3 Å². The lowest BCUT2D eigenvalue weighted by atomic mass is 9.95. The van der Waals surface area contributed by atoms with Crippen LogP contribution in [0.3, 0.4) is 0 Å². The average molecular weight is 580 g/mol. The number of hydrazone groups is 1. The molecule has 2 heterocycles. The molecule has 0 unspecified atom stereocenters. The van der Waals surface area contributed by atoms with Crippen molar-refractivity contribution < 1.29 is 38.2 Å². The Bertz CT molecular complexity index is 1510. The van der Waals surface area contributed by atoms with Crippen LogP contribution in [0.2, 0.25) is 0 Å². The lowest BCUT2D eigenvalue weighted by molar-refractivity contribution is -0.384. The maximum absolute atomic E-state index is 12.4. The summed E-state index contributed by atoms with van der Waals surface area (Å²) in [6.07, 6.45) is 0.167. The molecule has 1 aliphatic heterocycles. The number of carbonyl (C=O) groups excluding carboxylic acids is 2. The molecule has 0 fully saturated rings. The van der Waals surface area contributed by atoms with E-state index >= 15 is 0 Å². The van der Waals surface area contributed by atoms with Gasteiger partial charge in [-0.3, -0.25) is 15.5 Å². The SMILES string of the molecule is CCOc1cc([C@@H]2NC(=O)NC(C)=C2C(=O)OC)ccc1OC[C@H](O)N/N=C/c1ccc(-c2ccc([N+](=O)[O-])cc2)o1. The van der Waals surface area contributed by atoms with Crippen LogP contribution in [0.1, 0.15) is 31.2 Å². The second kappa shape index (κ2) is 13.3. The second-order valence-corrected chi connectivity index (χ2v) is 8.92. The third-order valence-corrected chi connectivity index (χ3v) is 6.08. The number of urea groups is 1. The second-order valence-electron chi connectivity index (χ2n) is 8.92. The summed E-state index contributed by atoms with van der Waals surface area (Å²) in [5, 5.41) is 30.4. The van der Waals surface area contributed by atoms with Gasteiger partial charge < -0.3 is 34.4 Å². The Kier molecular flexibility index (Phi) is 9.39. The summed E-state index contributed by atoms with van der Waals surface area (Å²) in [6, 6.07) is 13.0. The van der Waals surface area contributed by atoms with Crippen LogP contribution >= 0.6 is 0 Å². The van der Waals surface area contributed by atoms with Gasteiger partial charge >= 0.3 is 12.0 Å². The van der Waals surface area contributed by atoms with Crippen LogP contribution in [-0.2, 0) is 9.53 Å². The number of aliphatic hydroxyl groups is 1. The van der Waals surface area contributed by atoms with Crippen molar-refractivity contribution in [1.29, 1.82) is 0 Å². The summed E-state index contributed by atoms with van der Waals surface area (Å²) < 4.78 is 22.0. The van der Waals surface area contributed by atoms with E-state index in [-0.39, 0.29) is 17.9 Å². The summed E-state index contributed by atoms with van der Waals surface area (Å²) in [7, 11) is 1.26. The highest BCUT2D eigenvalue weighted by molar-refractivity contribution is 5.95. The molecule has 0 saturated heterocycles. The molecule has 2 aromatic carbocycles. The number of nitrogens with zero attached hydrogens (tertiary/aromatic N) is 2. The van der Waals surface area contributed by atoms with Crippen molar-refractivity contribution in [3.8, 4) is 22.8 Å². The number of benzene rings is 2. The van der Waals surface area contributed by atoms with Crippen molar-refractivity contribution in [2.75, 3.05) is 20.3 Å². The first kappa shape index (κ1) is 29.6. The highest BCUT2D eigenvalue weighted by atomic mass is 16.6. The van der Waals surface area contributed by atoms with Crippen LogP contribution in [0.5, 0.6) is 11.5 Å². The zero-order valence-electron chi connectivity index (χ0n) is 23.0. The normalized spacial score (nSPS) is 15.5. The predicted molar refractivity (Wildman–Crippen MR) is 150 cm³/mol. The van der Waals surface area contributed by atoms with Gasteiger partial charge in [0.2, 0.25) is 0 Å². The zero-order chi connectivity index (χ0) is 30.2. The molecule has 42 heavy (non-hydrogen) atoms. The fourth-order valence-electron chi connectivity index (χ4n) is 4.13. The summed E-state index contributed by atoms with van der Waals surface area (Å²) in [5.74, 6) is 0.962. The summed E-state index contributed by atoms with van der Waals surface area (Å²) in [6.45, 7) is 3.52. The maximum atomic E-state index is 12.4. The van der Waals surface area contributed by atoms with Gasteiger partial charge in [0.1, 0.15) is 18.1 Å². The van der Waals surface area contributed by atoms with Crippen LogP contribution in [0.25, 0.3) is 11.3 Å². The number of amides is 2. The topological polar surface area (TPSA) is 187 Å². The first-order valence-corrected chi connectivity index (χ1v) is 12.8. The number of carbonyl (C=O) groups is 2.